The minimum atomic E-state index is -0.0671. The van der Waals surface area contributed by atoms with Crippen LogP contribution in [0.3, 0.4) is 0 Å². The topological polar surface area (TPSA) is 57.7 Å². The van der Waals surface area contributed by atoms with E-state index in [4.69, 9.17) is 16.3 Å². The number of urea groups is 1. The van der Waals surface area contributed by atoms with Gasteiger partial charge in [0.25, 0.3) is 0 Å². The van der Waals surface area contributed by atoms with E-state index in [2.05, 4.69) is 15.2 Å². The van der Waals surface area contributed by atoms with Gasteiger partial charge in [-0.3, -0.25) is 0 Å². The second-order valence-electron chi connectivity index (χ2n) is 6.22. The van der Waals surface area contributed by atoms with Crippen molar-refractivity contribution in [1.82, 2.24) is 9.88 Å². The second kappa shape index (κ2) is 6.90. The normalized spacial score (nSPS) is 16.7. The molecule has 3 heterocycles. The number of ether oxygens (including phenoxy) is 1. The molecule has 1 aromatic heterocycles. The molecule has 4 rings (SSSR count). The number of rotatable bonds is 2. The average Bonchev–Trinajstić information content (AvgIpc) is 3.10. The van der Waals surface area contributed by atoms with E-state index in [0.29, 0.717) is 31.3 Å². The van der Waals surface area contributed by atoms with Gasteiger partial charge in [-0.05, 0) is 35.4 Å². The molecule has 2 aromatic rings. The van der Waals surface area contributed by atoms with Gasteiger partial charge >= 0.3 is 6.03 Å². The Bertz CT molecular complexity index is 773. The van der Waals surface area contributed by atoms with Gasteiger partial charge < -0.3 is 19.9 Å². The molecule has 2 aliphatic rings. The number of piperazine rings is 1. The highest BCUT2D eigenvalue weighted by Crippen LogP contribution is 2.23. The van der Waals surface area contributed by atoms with Crippen molar-refractivity contribution >= 4 is 29.1 Å². The van der Waals surface area contributed by atoms with Gasteiger partial charge in [0.05, 0.1) is 18.2 Å². The fraction of sp³-hybridized carbons (Fsp3) is 0.333. The van der Waals surface area contributed by atoms with Crippen LogP contribution in [-0.4, -0.2) is 42.1 Å². The third kappa shape index (κ3) is 3.55. The van der Waals surface area contributed by atoms with Gasteiger partial charge in [-0.2, -0.15) is 0 Å². The Morgan fingerprint density at radius 3 is 2.64 bits per heavy atom. The van der Waals surface area contributed by atoms with Crippen LogP contribution in [0.5, 0.6) is 0 Å². The van der Waals surface area contributed by atoms with Crippen LogP contribution in [0, 0.1) is 0 Å². The fourth-order valence-corrected chi connectivity index (χ4v) is 3.26. The summed E-state index contributed by atoms with van der Waals surface area (Å²) in [5, 5.41) is 3.61. The average molecular weight is 359 g/mol. The largest absolute Gasteiger partial charge is 0.372 e. The van der Waals surface area contributed by atoms with Crippen molar-refractivity contribution in [3.8, 4) is 0 Å². The Labute approximate surface area is 151 Å². The number of nitrogens with zero attached hydrogens (tertiary/aromatic N) is 3. The number of halogens is 1. The van der Waals surface area contributed by atoms with E-state index < -0.39 is 0 Å². The third-order valence-corrected chi connectivity index (χ3v) is 4.80. The first-order valence-corrected chi connectivity index (χ1v) is 8.69. The Morgan fingerprint density at radius 2 is 1.88 bits per heavy atom. The van der Waals surface area contributed by atoms with Crippen LogP contribution in [0.15, 0.2) is 36.5 Å². The van der Waals surface area contributed by atoms with Crippen molar-refractivity contribution in [1.29, 1.82) is 0 Å². The molecule has 0 radical (unpaired) electrons. The summed E-state index contributed by atoms with van der Waals surface area (Å²) in [5.41, 5.74) is 3.16. The van der Waals surface area contributed by atoms with Gasteiger partial charge in [-0.1, -0.05) is 17.7 Å². The first kappa shape index (κ1) is 16.2. The van der Waals surface area contributed by atoms with Crippen LogP contribution in [0.4, 0.5) is 16.3 Å². The van der Waals surface area contributed by atoms with Gasteiger partial charge in [0.1, 0.15) is 5.82 Å². The van der Waals surface area contributed by atoms with Crippen molar-refractivity contribution < 1.29 is 9.53 Å². The highest BCUT2D eigenvalue weighted by molar-refractivity contribution is 6.30. The van der Waals surface area contributed by atoms with Crippen molar-refractivity contribution in [3.05, 3.63) is 52.7 Å². The summed E-state index contributed by atoms with van der Waals surface area (Å²) in [7, 11) is 0. The Morgan fingerprint density at radius 1 is 1.08 bits per heavy atom. The van der Waals surface area contributed by atoms with E-state index >= 15 is 0 Å². The first-order chi connectivity index (χ1) is 12.2. The molecule has 0 aliphatic carbocycles. The molecule has 25 heavy (non-hydrogen) atoms. The zero-order valence-corrected chi connectivity index (χ0v) is 14.5. The van der Waals surface area contributed by atoms with E-state index in [-0.39, 0.29) is 6.03 Å². The van der Waals surface area contributed by atoms with Gasteiger partial charge in [0.15, 0.2) is 0 Å². The molecule has 0 saturated carbocycles. The standard InChI is InChI=1S/C18H19ClN4O2/c19-15-2-4-17(20-10-15)22-5-7-23(8-6-22)18(24)21-16-3-1-13-11-25-12-14(13)9-16/h1-4,9-10H,5-8,11-12H2,(H,21,24). The third-order valence-electron chi connectivity index (χ3n) is 4.58. The lowest BCUT2D eigenvalue weighted by atomic mass is 10.1. The second-order valence-corrected chi connectivity index (χ2v) is 6.65. The van der Waals surface area contributed by atoms with Crippen LogP contribution in [0.2, 0.25) is 5.02 Å². The Hall–Kier alpha value is -2.31. The molecule has 0 atom stereocenters. The highest BCUT2D eigenvalue weighted by atomic mass is 35.5. The maximum Gasteiger partial charge on any atom is 0.321 e. The number of hydrogen-bond acceptors (Lipinski definition) is 4. The molecule has 0 bridgehead atoms. The van der Waals surface area contributed by atoms with Gasteiger partial charge in [0, 0.05) is 38.1 Å². The van der Waals surface area contributed by atoms with Crippen LogP contribution in [0.25, 0.3) is 0 Å². The van der Waals surface area contributed by atoms with Crippen LogP contribution in [-0.2, 0) is 18.0 Å². The number of carbonyl (C=O) groups is 1. The van der Waals surface area contributed by atoms with E-state index in [0.717, 1.165) is 30.2 Å². The van der Waals surface area contributed by atoms with Crippen molar-refractivity contribution in [3.63, 3.8) is 0 Å². The molecule has 6 nitrogen and oxygen atoms in total. The van der Waals surface area contributed by atoms with Crippen LogP contribution < -0.4 is 10.2 Å². The summed E-state index contributed by atoms with van der Waals surface area (Å²) >= 11 is 5.88. The zero-order valence-electron chi connectivity index (χ0n) is 13.7. The maximum absolute atomic E-state index is 12.5. The monoisotopic (exact) mass is 358 g/mol. The van der Waals surface area contributed by atoms with Crippen molar-refractivity contribution in [2.45, 2.75) is 13.2 Å². The van der Waals surface area contributed by atoms with Crippen LogP contribution >= 0.6 is 11.6 Å². The Balaban J connectivity index is 1.34. The molecule has 0 spiro atoms. The molecule has 1 aromatic carbocycles. The number of pyridine rings is 1. The van der Waals surface area contributed by atoms with Crippen molar-refractivity contribution in [2.75, 3.05) is 36.4 Å². The first-order valence-electron chi connectivity index (χ1n) is 8.31. The van der Waals surface area contributed by atoms with E-state index in [9.17, 15) is 4.79 Å². The van der Waals surface area contributed by atoms with E-state index in [1.165, 1.54) is 5.56 Å². The molecular formula is C18H19ClN4O2. The quantitative estimate of drug-likeness (QED) is 0.896. The van der Waals surface area contributed by atoms with Crippen molar-refractivity contribution in [2.24, 2.45) is 0 Å². The summed E-state index contributed by atoms with van der Waals surface area (Å²) in [6, 6.07) is 9.61. The summed E-state index contributed by atoms with van der Waals surface area (Å²) in [6.07, 6.45) is 1.65. The molecule has 0 unspecified atom stereocenters. The highest BCUT2D eigenvalue weighted by Gasteiger charge is 2.22. The molecule has 1 fully saturated rings. The Kier molecular flexibility index (Phi) is 4.46. The summed E-state index contributed by atoms with van der Waals surface area (Å²) < 4.78 is 5.41. The van der Waals surface area contributed by atoms with E-state index in [1.807, 2.05) is 35.2 Å². The smallest absolute Gasteiger partial charge is 0.321 e. The molecule has 2 aliphatic heterocycles. The minimum Gasteiger partial charge on any atom is -0.372 e. The number of nitrogens with one attached hydrogen (secondary N) is 1. The number of anilines is 2. The van der Waals surface area contributed by atoms with E-state index in [1.54, 1.807) is 6.20 Å². The number of hydrogen-bond donors (Lipinski definition) is 1. The maximum atomic E-state index is 12.5. The van der Waals surface area contributed by atoms with Gasteiger partial charge in [-0.25, -0.2) is 9.78 Å². The number of fused-ring (bicyclic) bond motifs is 1. The van der Waals surface area contributed by atoms with Gasteiger partial charge in [0.2, 0.25) is 0 Å². The summed E-state index contributed by atoms with van der Waals surface area (Å²) in [5.74, 6) is 0.892. The fourth-order valence-electron chi connectivity index (χ4n) is 3.15. The SMILES string of the molecule is O=C(Nc1ccc2c(c1)COC2)N1CCN(c2ccc(Cl)cn2)CC1. The lowest BCUT2D eigenvalue weighted by Crippen LogP contribution is -2.50. The predicted molar refractivity (Wildman–Crippen MR) is 97.0 cm³/mol. The minimum absolute atomic E-state index is 0.0671. The predicted octanol–water partition coefficient (Wildman–Crippen LogP) is 3.12. The van der Waals surface area contributed by atoms with Crippen LogP contribution in [0.1, 0.15) is 11.1 Å². The molecule has 1 N–H and O–H groups in total. The number of carbonyl (C=O) groups excluding carboxylic acids is 1. The lowest BCUT2D eigenvalue weighted by molar-refractivity contribution is 0.134. The number of amides is 2. The zero-order chi connectivity index (χ0) is 17.2. The molecule has 1 saturated heterocycles. The molecule has 130 valence electrons. The molecular weight excluding hydrogens is 340 g/mol. The summed E-state index contributed by atoms with van der Waals surface area (Å²) in [6.45, 7) is 4.09. The lowest BCUT2D eigenvalue weighted by Gasteiger charge is -2.35. The number of aromatic nitrogens is 1. The number of benzene rings is 1. The summed E-state index contributed by atoms with van der Waals surface area (Å²) in [4.78, 5) is 20.8. The van der Waals surface area contributed by atoms with Gasteiger partial charge in [-0.15, -0.1) is 0 Å². The molecule has 2 amide bonds. The molecule has 7 heteroatoms.